The molecule has 1 amide bonds. The SMILES string of the molecule is CCN(CC)S(=O)(=O)c1cccc(C(=O)NCCc2ccc(F)c(Br)c2)c1. The van der Waals surface area contributed by atoms with Crippen molar-refractivity contribution in [2.24, 2.45) is 0 Å². The number of carbonyl (C=O) groups excluding carboxylic acids is 1. The summed E-state index contributed by atoms with van der Waals surface area (Å²) in [5, 5.41) is 2.76. The third-order valence-electron chi connectivity index (χ3n) is 4.12. The van der Waals surface area contributed by atoms with Crippen LogP contribution in [0.1, 0.15) is 29.8 Å². The Balaban J connectivity index is 2.05. The van der Waals surface area contributed by atoms with Gasteiger partial charge in [-0.2, -0.15) is 4.31 Å². The van der Waals surface area contributed by atoms with Crippen molar-refractivity contribution in [2.75, 3.05) is 19.6 Å². The van der Waals surface area contributed by atoms with Gasteiger partial charge in [0.1, 0.15) is 5.82 Å². The van der Waals surface area contributed by atoms with Crippen molar-refractivity contribution in [2.45, 2.75) is 25.2 Å². The molecule has 0 saturated carbocycles. The van der Waals surface area contributed by atoms with Gasteiger partial charge in [-0.05, 0) is 58.2 Å². The van der Waals surface area contributed by atoms with E-state index < -0.39 is 10.0 Å². The van der Waals surface area contributed by atoms with Crippen molar-refractivity contribution in [1.29, 1.82) is 0 Å². The number of nitrogens with one attached hydrogen (secondary N) is 1. The Morgan fingerprint density at radius 1 is 1.15 bits per heavy atom. The molecule has 0 heterocycles. The maximum Gasteiger partial charge on any atom is 0.251 e. The largest absolute Gasteiger partial charge is 0.352 e. The predicted molar refractivity (Wildman–Crippen MR) is 107 cm³/mol. The monoisotopic (exact) mass is 456 g/mol. The maximum absolute atomic E-state index is 13.2. The fourth-order valence-corrected chi connectivity index (χ4v) is 4.56. The molecule has 0 bridgehead atoms. The quantitative estimate of drug-likeness (QED) is 0.659. The average Bonchev–Trinajstić information content (AvgIpc) is 2.65. The number of amides is 1. The molecular formula is C19H22BrFN2O3S. The normalized spacial score (nSPS) is 11.6. The molecule has 1 N–H and O–H groups in total. The first-order valence-corrected chi connectivity index (χ1v) is 10.8. The smallest absolute Gasteiger partial charge is 0.251 e. The Morgan fingerprint density at radius 2 is 1.85 bits per heavy atom. The highest BCUT2D eigenvalue weighted by molar-refractivity contribution is 9.10. The van der Waals surface area contributed by atoms with Crippen LogP contribution in [0.3, 0.4) is 0 Å². The van der Waals surface area contributed by atoms with Gasteiger partial charge < -0.3 is 5.32 Å². The van der Waals surface area contributed by atoms with Crippen molar-refractivity contribution in [1.82, 2.24) is 9.62 Å². The van der Waals surface area contributed by atoms with E-state index in [1.807, 2.05) is 0 Å². The zero-order valence-electron chi connectivity index (χ0n) is 15.2. The standard InChI is InChI=1S/C19H22BrFN2O3S/c1-3-23(4-2)27(25,26)16-7-5-6-15(13-16)19(24)22-11-10-14-8-9-18(21)17(20)12-14/h5-9,12-13H,3-4,10-11H2,1-2H3,(H,22,24). The van der Waals surface area contributed by atoms with E-state index in [0.717, 1.165) is 5.56 Å². The molecule has 8 heteroatoms. The van der Waals surface area contributed by atoms with Crippen molar-refractivity contribution in [3.05, 3.63) is 63.9 Å². The van der Waals surface area contributed by atoms with Gasteiger partial charge in [-0.3, -0.25) is 4.79 Å². The molecule has 27 heavy (non-hydrogen) atoms. The molecule has 0 aliphatic carbocycles. The molecular weight excluding hydrogens is 435 g/mol. The number of halogens is 2. The third-order valence-corrected chi connectivity index (χ3v) is 6.78. The second kappa shape index (κ2) is 9.43. The van der Waals surface area contributed by atoms with Crippen LogP contribution in [0.2, 0.25) is 0 Å². The van der Waals surface area contributed by atoms with Gasteiger partial charge in [0.15, 0.2) is 0 Å². The van der Waals surface area contributed by atoms with Crippen LogP contribution >= 0.6 is 15.9 Å². The minimum absolute atomic E-state index is 0.0984. The van der Waals surface area contributed by atoms with E-state index >= 15 is 0 Å². The van der Waals surface area contributed by atoms with Crippen LogP contribution < -0.4 is 5.32 Å². The number of hydrogen-bond acceptors (Lipinski definition) is 3. The van der Waals surface area contributed by atoms with Crippen LogP contribution in [0.5, 0.6) is 0 Å². The predicted octanol–water partition coefficient (Wildman–Crippen LogP) is 3.59. The van der Waals surface area contributed by atoms with Gasteiger partial charge in [0.05, 0.1) is 9.37 Å². The lowest BCUT2D eigenvalue weighted by atomic mass is 10.1. The topological polar surface area (TPSA) is 66.5 Å². The lowest BCUT2D eigenvalue weighted by molar-refractivity contribution is 0.0954. The van der Waals surface area contributed by atoms with Gasteiger partial charge in [-0.15, -0.1) is 0 Å². The van der Waals surface area contributed by atoms with Gasteiger partial charge in [0.2, 0.25) is 10.0 Å². The van der Waals surface area contributed by atoms with E-state index in [1.165, 1.54) is 22.5 Å². The molecule has 0 spiro atoms. The van der Waals surface area contributed by atoms with Crippen LogP contribution in [0.4, 0.5) is 4.39 Å². The Kier molecular flexibility index (Phi) is 7.52. The zero-order valence-corrected chi connectivity index (χ0v) is 17.6. The van der Waals surface area contributed by atoms with Gasteiger partial charge in [0, 0.05) is 25.2 Å². The molecule has 0 radical (unpaired) electrons. The van der Waals surface area contributed by atoms with Crippen LogP contribution in [-0.4, -0.2) is 38.3 Å². The molecule has 0 aromatic heterocycles. The summed E-state index contributed by atoms with van der Waals surface area (Å²) >= 11 is 3.13. The van der Waals surface area contributed by atoms with E-state index in [9.17, 15) is 17.6 Å². The van der Waals surface area contributed by atoms with Gasteiger partial charge in [-0.25, -0.2) is 12.8 Å². The molecule has 5 nitrogen and oxygen atoms in total. The summed E-state index contributed by atoms with van der Waals surface area (Å²) in [6.45, 7) is 4.62. The first-order valence-electron chi connectivity index (χ1n) is 8.62. The fourth-order valence-electron chi connectivity index (χ4n) is 2.63. The summed E-state index contributed by atoms with van der Waals surface area (Å²) in [5.74, 6) is -0.693. The average molecular weight is 457 g/mol. The van der Waals surface area contributed by atoms with Crippen LogP contribution in [0.25, 0.3) is 0 Å². The molecule has 0 atom stereocenters. The Labute approximate surface area is 167 Å². The number of benzene rings is 2. The Hall–Kier alpha value is -1.77. The minimum atomic E-state index is -3.62. The summed E-state index contributed by atoms with van der Waals surface area (Å²) in [4.78, 5) is 12.5. The minimum Gasteiger partial charge on any atom is -0.352 e. The first-order chi connectivity index (χ1) is 12.8. The molecule has 0 saturated heterocycles. The second-order valence-electron chi connectivity index (χ2n) is 5.87. The maximum atomic E-state index is 13.2. The van der Waals surface area contributed by atoms with Crippen LogP contribution in [-0.2, 0) is 16.4 Å². The van der Waals surface area contributed by atoms with Crippen molar-refractivity contribution < 1.29 is 17.6 Å². The van der Waals surface area contributed by atoms with E-state index in [4.69, 9.17) is 0 Å². The van der Waals surface area contributed by atoms with Gasteiger partial charge in [0.25, 0.3) is 5.91 Å². The van der Waals surface area contributed by atoms with Crippen LogP contribution in [0.15, 0.2) is 51.8 Å². The van der Waals surface area contributed by atoms with Crippen molar-refractivity contribution in [3.63, 3.8) is 0 Å². The summed E-state index contributed by atoms with van der Waals surface area (Å²) in [5.41, 5.74) is 1.16. The molecule has 2 rings (SSSR count). The van der Waals surface area contributed by atoms with Gasteiger partial charge >= 0.3 is 0 Å². The van der Waals surface area contributed by atoms with Gasteiger partial charge in [-0.1, -0.05) is 26.0 Å². The summed E-state index contributed by atoms with van der Waals surface area (Å²) in [6.07, 6.45) is 0.530. The van der Waals surface area contributed by atoms with Crippen molar-refractivity contribution in [3.8, 4) is 0 Å². The second-order valence-corrected chi connectivity index (χ2v) is 8.66. The summed E-state index contributed by atoms with van der Waals surface area (Å²) in [6, 6.07) is 10.7. The molecule has 0 aliphatic rings. The third kappa shape index (κ3) is 5.37. The van der Waals surface area contributed by atoms with E-state index in [1.54, 1.807) is 38.1 Å². The van der Waals surface area contributed by atoms with E-state index in [0.29, 0.717) is 30.5 Å². The zero-order chi connectivity index (χ0) is 20.0. The molecule has 146 valence electrons. The number of hydrogen-bond donors (Lipinski definition) is 1. The molecule has 2 aromatic carbocycles. The summed E-state index contributed by atoms with van der Waals surface area (Å²) in [7, 11) is -3.62. The number of carbonyl (C=O) groups is 1. The molecule has 0 unspecified atom stereocenters. The fraction of sp³-hybridized carbons (Fsp3) is 0.316. The number of rotatable bonds is 8. The van der Waals surface area contributed by atoms with E-state index in [-0.39, 0.29) is 22.2 Å². The lowest BCUT2D eigenvalue weighted by Gasteiger charge is -2.18. The number of sulfonamides is 1. The molecule has 0 fully saturated rings. The van der Waals surface area contributed by atoms with Crippen LogP contribution in [0, 0.1) is 5.82 Å². The highest BCUT2D eigenvalue weighted by Crippen LogP contribution is 2.18. The highest BCUT2D eigenvalue weighted by atomic mass is 79.9. The van der Waals surface area contributed by atoms with Crippen molar-refractivity contribution >= 4 is 31.9 Å². The Morgan fingerprint density at radius 3 is 2.48 bits per heavy atom. The summed E-state index contributed by atoms with van der Waals surface area (Å²) < 4.78 is 40.1. The number of nitrogens with zero attached hydrogens (tertiary/aromatic N) is 1. The van der Waals surface area contributed by atoms with E-state index in [2.05, 4.69) is 21.2 Å². The molecule has 2 aromatic rings. The Bertz CT molecular complexity index is 915. The first kappa shape index (κ1) is 21.5. The highest BCUT2D eigenvalue weighted by Gasteiger charge is 2.22. The lowest BCUT2D eigenvalue weighted by Crippen LogP contribution is -2.31. The molecule has 0 aliphatic heterocycles.